The number of likely N-dealkylation sites (tertiary alicyclic amines) is 1. The van der Waals surface area contributed by atoms with Crippen molar-refractivity contribution in [2.45, 2.75) is 19.8 Å². The first-order valence-electron chi connectivity index (χ1n) is 9.84. The molecule has 6 heteroatoms. The van der Waals surface area contributed by atoms with E-state index in [-0.39, 0.29) is 5.91 Å². The second-order valence-corrected chi connectivity index (χ2v) is 7.30. The third-order valence-electron chi connectivity index (χ3n) is 5.19. The van der Waals surface area contributed by atoms with Crippen LogP contribution in [0.4, 0.5) is 0 Å². The van der Waals surface area contributed by atoms with E-state index in [0.717, 1.165) is 25.1 Å². The first-order valence-corrected chi connectivity index (χ1v) is 9.84. The van der Waals surface area contributed by atoms with Crippen molar-refractivity contribution < 1.29 is 23.7 Å². The first kappa shape index (κ1) is 20.8. The molecule has 0 radical (unpaired) electrons. The standard InChI is InChI=1S/C23H29NO5/c1-16-7-5-9-19(11-16)29-15-17-8-6-10-24(14-17)23(25)18-12-20(26-2)22(28-4)21(13-18)27-3/h5,7,9,11-13,17H,6,8,10,14-15H2,1-4H3. The number of hydrogen-bond acceptors (Lipinski definition) is 5. The summed E-state index contributed by atoms with van der Waals surface area (Å²) in [6.45, 7) is 4.05. The smallest absolute Gasteiger partial charge is 0.254 e. The molecule has 0 spiro atoms. The Kier molecular flexibility index (Phi) is 6.86. The Hall–Kier alpha value is -2.89. The zero-order chi connectivity index (χ0) is 20.8. The highest BCUT2D eigenvalue weighted by Crippen LogP contribution is 2.38. The first-order chi connectivity index (χ1) is 14.0. The predicted octanol–water partition coefficient (Wildman–Crippen LogP) is 3.95. The molecule has 29 heavy (non-hydrogen) atoms. The third-order valence-corrected chi connectivity index (χ3v) is 5.19. The molecule has 1 heterocycles. The maximum atomic E-state index is 13.1. The number of amides is 1. The second kappa shape index (κ2) is 9.54. The summed E-state index contributed by atoms with van der Waals surface area (Å²) >= 11 is 0. The minimum Gasteiger partial charge on any atom is -0.493 e. The van der Waals surface area contributed by atoms with E-state index in [4.69, 9.17) is 18.9 Å². The maximum absolute atomic E-state index is 13.1. The van der Waals surface area contributed by atoms with Gasteiger partial charge in [0.25, 0.3) is 5.91 Å². The molecule has 2 aromatic carbocycles. The molecule has 1 aliphatic heterocycles. The number of hydrogen-bond donors (Lipinski definition) is 0. The van der Waals surface area contributed by atoms with Gasteiger partial charge in [-0.25, -0.2) is 0 Å². The molecule has 0 aliphatic carbocycles. The lowest BCUT2D eigenvalue weighted by atomic mass is 9.98. The van der Waals surface area contributed by atoms with Gasteiger partial charge in [-0.05, 0) is 49.6 Å². The molecule has 1 fully saturated rings. The van der Waals surface area contributed by atoms with Gasteiger partial charge in [-0.2, -0.15) is 0 Å². The molecule has 1 unspecified atom stereocenters. The quantitative estimate of drug-likeness (QED) is 0.706. The number of aryl methyl sites for hydroxylation is 1. The number of rotatable bonds is 7. The Morgan fingerprint density at radius 1 is 1.07 bits per heavy atom. The van der Waals surface area contributed by atoms with Crippen LogP contribution in [0.25, 0.3) is 0 Å². The van der Waals surface area contributed by atoms with Crippen molar-refractivity contribution in [2.75, 3.05) is 41.0 Å². The zero-order valence-electron chi connectivity index (χ0n) is 17.6. The number of piperidine rings is 1. The van der Waals surface area contributed by atoms with Crippen LogP contribution in [0.3, 0.4) is 0 Å². The van der Waals surface area contributed by atoms with Crippen LogP contribution in [-0.4, -0.2) is 51.8 Å². The average molecular weight is 399 g/mol. The predicted molar refractivity (Wildman–Crippen MR) is 111 cm³/mol. The molecule has 1 saturated heterocycles. The topological polar surface area (TPSA) is 57.2 Å². The van der Waals surface area contributed by atoms with Gasteiger partial charge >= 0.3 is 0 Å². The van der Waals surface area contributed by atoms with Gasteiger partial charge in [0.05, 0.1) is 27.9 Å². The van der Waals surface area contributed by atoms with Gasteiger partial charge in [-0.1, -0.05) is 12.1 Å². The zero-order valence-corrected chi connectivity index (χ0v) is 17.6. The van der Waals surface area contributed by atoms with E-state index in [9.17, 15) is 4.79 Å². The molecule has 1 aliphatic rings. The van der Waals surface area contributed by atoms with Crippen molar-refractivity contribution in [3.05, 3.63) is 47.5 Å². The Morgan fingerprint density at radius 3 is 2.41 bits per heavy atom. The minimum absolute atomic E-state index is 0.0375. The number of nitrogens with zero attached hydrogens (tertiary/aromatic N) is 1. The van der Waals surface area contributed by atoms with E-state index in [1.54, 1.807) is 33.5 Å². The fraction of sp³-hybridized carbons (Fsp3) is 0.435. The molecule has 0 aromatic heterocycles. The van der Waals surface area contributed by atoms with Gasteiger partial charge in [0.2, 0.25) is 5.75 Å². The van der Waals surface area contributed by atoms with Crippen LogP contribution < -0.4 is 18.9 Å². The number of carbonyl (C=O) groups excluding carboxylic acids is 1. The van der Waals surface area contributed by atoms with E-state index >= 15 is 0 Å². The fourth-order valence-electron chi connectivity index (χ4n) is 3.69. The van der Waals surface area contributed by atoms with Crippen molar-refractivity contribution in [2.24, 2.45) is 5.92 Å². The summed E-state index contributed by atoms with van der Waals surface area (Å²) in [7, 11) is 4.64. The average Bonchev–Trinajstić information content (AvgIpc) is 2.76. The number of ether oxygens (including phenoxy) is 4. The summed E-state index contributed by atoms with van der Waals surface area (Å²) in [6, 6.07) is 11.4. The van der Waals surface area contributed by atoms with Gasteiger partial charge in [0.1, 0.15) is 5.75 Å². The van der Waals surface area contributed by atoms with E-state index in [0.29, 0.717) is 41.9 Å². The monoisotopic (exact) mass is 399 g/mol. The summed E-state index contributed by atoms with van der Waals surface area (Å²) in [5.74, 6) is 2.57. The molecule has 1 amide bonds. The largest absolute Gasteiger partial charge is 0.493 e. The normalized spacial score (nSPS) is 16.3. The van der Waals surface area contributed by atoms with Crippen molar-refractivity contribution in [3.63, 3.8) is 0 Å². The van der Waals surface area contributed by atoms with Crippen LogP contribution in [-0.2, 0) is 0 Å². The van der Waals surface area contributed by atoms with Crippen LogP contribution in [0.15, 0.2) is 36.4 Å². The fourth-order valence-corrected chi connectivity index (χ4v) is 3.69. The SMILES string of the molecule is COc1cc(C(=O)N2CCCC(COc3cccc(C)c3)C2)cc(OC)c1OC. The van der Waals surface area contributed by atoms with E-state index in [1.807, 2.05) is 36.1 Å². The minimum atomic E-state index is -0.0375. The van der Waals surface area contributed by atoms with Crippen LogP contribution in [0.5, 0.6) is 23.0 Å². The lowest BCUT2D eigenvalue weighted by Gasteiger charge is -2.33. The van der Waals surface area contributed by atoms with Crippen molar-refractivity contribution in [3.8, 4) is 23.0 Å². The molecule has 0 bridgehead atoms. The molecule has 0 saturated carbocycles. The molecule has 2 aromatic rings. The van der Waals surface area contributed by atoms with Crippen LogP contribution >= 0.6 is 0 Å². The molecule has 6 nitrogen and oxygen atoms in total. The summed E-state index contributed by atoms with van der Waals surface area (Å²) < 4.78 is 22.1. The van der Waals surface area contributed by atoms with E-state index in [1.165, 1.54) is 5.56 Å². The lowest BCUT2D eigenvalue weighted by Crippen LogP contribution is -2.41. The highest BCUT2D eigenvalue weighted by atomic mass is 16.5. The molecule has 156 valence electrons. The Bertz CT molecular complexity index is 826. The van der Waals surface area contributed by atoms with Crippen LogP contribution in [0.2, 0.25) is 0 Å². The summed E-state index contributed by atoms with van der Waals surface area (Å²) in [5, 5.41) is 0. The number of carbonyl (C=O) groups is 1. The number of methoxy groups -OCH3 is 3. The van der Waals surface area contributed by atoms with E-state index < -0.39 is 0 Å². The van der Waals surface area contributed by atoms with Gasteiger partial charge < -0.3 is 23.8 Å². The lowest BCUT2D eigenvalue weighted by molar-refractivity contribution is 0.0632. The van der Waals surface area contributed by atoms with E-state index in [2.05, 4.69) is 0 Å². The van der Waals surface area contributed by atoms with Gasteiger partial charge in [-0.3, -0.25) is 4.79 Å². The van der Waals surface area contributed by atoms with Gasteiger partial charge in [0, 0.05) is 24.6 Å². The van der Waals surface area contributed by atoms with Crippen LogP contribution in [0.1, 0.15) is 28.8 Å². The third kappa shape index (κ3) is 4.94. The van der Waals surface area contributed by atoms with Gasteiger partial charge in [-0.15, -0.1) is 0 Å². The van der Waals surface area contributed by atoms with Gasteiger partial charge in [0.15, 0.2) is 11.5 Å². The van der Waals surface area contributed by atoms with Crippen LogP contribution in [0, 0.1) is 12.8 Å². The van der Waals surface area contributed by atoms with Crippen molar-refractivity contribution in [1.29, 1.82) is 0 Å². The summed E-state index contributed by atoms with van der Waals surface area (Å²) in [4.78, 5) is 15.0. The highest BCUT2D eigenvalue weighted by Gasteiger charge is 2.27. The second-order valence-electron chi connectivity index (χ2n) is 7.30. The summed E-state index contributed by atoms with van der Waals surface area (Å²) in [6.07, 6.45) is 2.00. The van der Waals surface area contributed by atoms with Crippen molar-refractivity contribution in [1.82, 2.24) is 4.90 Å². The van der Waals surface area contributed by atoms with Crippen molar-refractivity contribution >= 4 is 5.91 Å². The molecular formula is C23H29NO5. The number of benzene rings is 2. The molecular weight excluding hydrogens is 370 g/mol. The highest BCUT2D eigenvalue weighted by molar-refractivity contribution is 5.95. The summed E-state index contributed by atoms with van der Waals surface area (Å²) in [5.41, 5.74) is 1.70. The molecule has 1 atom stereocenters. The Balaban J connectivity index is 1.69. The Labute approximate surface area is 172 Å². The Morgan fingerprint density at radius 2 is 1.79 bits per heavy atom. The maximum Gasteiger partial charge on any atom is 0.254 e. The molecule has 0 N–H and O–H groups in total. The molecule has 3 rings (SSSR count).